The summed E-state index contributed by atoms with van der Waals surface area (Å²) in [5, 5.41) is 11.4. The first-order valence-electron chi connectivity index (χ1n) is 7.86. The largest absolute Gasteiger partial charge is 0.321 e. The second kappa shape index (κ2) is 8.46. The second-order valence-corrected chi connectivity index (χ2v) is 6.58. The summed E-state index contributed by atoms with van der Waals surface area (Å²) < 4.78 is 13.0. The first kappa shape index (κ1) is 17.9. The summed E-state index contributed by atoms with van der Waals surface area (Å²) >= 11 is 1.24. The molecule has 5 nitrogen and oxygen atoms in total. The van der Waals surface area contributed by atoms with Crippen molar-refractivity contribution in [3.05, 3.63) is 94.3 Å². The molecule has 0 amide bonds. The number of anilines is 1. The first-order valence-corrected chi connectivity index (χ1v) is 8.68. The maximum absolute atomic E-state index is 13.0. The molecule has 0 unspecified atom stereocenters. The predicted octanol–water partition coefficient (Wildman–Crippen LogP) is 5.00. The predicted molar refractivity (Wildman–Crippen MR) is 101 cm³/mol. The number of hydrogen-bond acceptors (Lipinski definition) is 5. The smallest absolute Gasteiger partial charge is 0.283 e. The highest BCUT2D eigenvalue weighted by atomic mass is 32.2. The molecule has 0 aliphatic rings. The summed E-state index contributed by atoms with van der Waals surface area (Å²) in [4.78, 5) is 12.3. The molecule has 0 radical (unpaired) electrons. The molecule has 2 N–H and O–H groups in total. The van der Waals surface area contributed by atoms with Crippen LogP contribution in [0.2, 0.25) is 0 Å². The van der Waals surface area contributed by atoms with E-state index < -0.39 is 4.92 Å². The lowest BCUT2D eigenvalue weighted by Gasteiger charge is -2.09. The van der Waals surface area contributed by atoms with Gasteiger partial charge in [-0.15, -0.1) is 0 Å². The van der Waals surface area contributed by atoms with Gasteiger partial charge in [-0.2, -0.15) is 0 Å². The molecule has 132 valence electrons. The van der Waals surface area contributed by atoms with Crippen LogP contribution in [0.25, 0.3) is 0 Å². The number of nitrogens with one attached hydrogen (secondary N) is 2. The zero-order chi connectivity index (χ0) is 18.4. The average molecular weight is 369 g/mol. The molecule has 0 saturated heterocycles. The Morgan fingerprint density at radius 1 is 1.00 bits per heavy atom. The molecule has 7 heteroatoms. The van der Waals surface area contributed by atoms with Gasteiger partial charge in [0, 0.05) is 23.2 Å². The van der Waals surface area contributed by atoms with Crippen molar-refractivity contribution < 1.29 is 9.31 Å². The molecule has 3 rings (SSSR count). The highest BCUT2D eigenvalue weighted by molar-refractivity contribution is 7.99. The maximum Gasteiger partial charge on any atom is 0.283 e. The van der Waals surface area contributed by atoms with Gasteiger partial charge in [-0.3, -0.25) is 10.1 Å². The van der Waals surface area contributed by atoms with E-state index in [1.807, 2.05) is 36.4 Å². The van der Waals surface area contributed by atoms with Crippen molar-refractivity contribution in [2.75, 3.05) is 5.43 Å². The number of nitro benzene ring substituents is 1. The summed E-state index contributed by atoms with van der Waals surface area (Å²) in [5.41, 5.74) is 7.79. The van der Waals surface area contributed by atoms with Gasteiger partial charge in [0.15, 0.2) is 0 Å². The second-order valence-electron chi connectivity index (χ2n) is 5.46. The minimum Gasteiger partial charge on any atom is -0.321 e. The van der Waals surface area contributed by atoms with Gasteiger partial charge in [0.1, 0.15) is 5.82 Å². The SMILES string of the molecule is O=[N+]([O-])c1cc(CNNc2ccccc2)ccc1Sc1ccc(F)cc1. The zero-order valence-corrected chi connectivity index (χ0v) is 14.5. The van der Waals surface area contributed by atoms with Crippen LogP contribution in [0.3, 0.4) is 0 Å². The molecule has 0 aromatic heterocycles. The molecular weight excluding hydrogens is 353 g/mol. The van der Waals surface area contributed by atoms with E-state index in [1.54, 1.807) is 24.3 Å². The van der Waals surface area contributed by atoms with Crippen LogP contribution < -0.4 is 10.9 Å². The highest BCUT2D eigenvalue weighted by Crippen LogP contribution is 2.35. The number of rotatable bonds is 7. The van der Waals surface area contributed by atoms with Crippen LogP contribution >= 0.6 is 11.8 Å². The Balaban J connectivity index is 1.69. The van der Waals surface area contributed by atoms with Crippen LogP contribution in [0.4, 0.5) is 15.8 Å². The lowest BCUT2D eigenvalue weighted by molar-refractivity contribution is -0.387. The Bertz CT molecular complexity index is 889. The zero-order valence-electron chi connectivity index (χ0n) is 13.7. The quantitative estimate of drug-likeness (QED) is 0.453. The molecule has 0 atom stereocenters. The summed E-state index contributed by atoms with van der Waals surface area (Å²) in [7, 11) is 0. The number of nitro groups is 1. The van der Waals surface area contributed by atoms with E-state index in [1.165, 1.54) is 23.9 Å². The third kappa shape index (κ3) is 4.81. The third-order valence-electron chi connectivity index (χ3n) is 3.56. The number of nitrogens with zero attached hydrogens (tertiary/aromatic N) is 1. The highest BCUT2D eigenvalue weighted by Gasteiger charge is 2.16. The summed E-state index contributed by atoms with van der Waals surface area (Å²) in [6.45, 7) is 0.428. The maximum atomic E-state index is 13.0. The number of hydrogen-bond donors (Lipinski definition) is 2. The van der Waals surface area contributed by atoms with E-state index in [0.29, 0.717) is 11.4 Å². The molecule has 0 aliphatic carbocycles. The van der Waals surface area contributed by atoms with Gasteiger partial charge in [-0.05, 0) is 48.0 Å². The van der Waals surface area contributed by atoms with Crippen molar-refractivity contribution in [1.29, 1.82) is 0 Å². The summed E-state index contributed by atoms with van der Waals surface area (Å²) in [6, 6.07) is 20.5. The van der Waals surface area contributed by atoms with Crippen molar-refractivity contribution in [3.63, 3.8) is 0 Å². The first-order chi connectivity index (χ1) is 12.6. The summed E-state index contributed by atoms with van der Waals surface area (Å²) in [6.07, 6.45) is 0. The van der Waals surface area contributed by atoms with E-state index >= 15 is 0 Å². The Labute approximate surface area is 154 Å². The van der Waals surface area contributed by atoms with Crippen molar-refractivity contribution in [2.45, 2.75) is 16.3 Å². The van der Waals surface area contributed by atoms with E-state index in [0.717, 1.165) is 16.1 Å². The van der Waals surface area contributed by atoms with Crippen molar-refractivity contribution >= 4 is 23.1 Å². The molecular formula is C19H16FN3O2S. The van der Waals surface area contributed by atoms with Gasteiger partial charge < -0.3 is 5.43 Å². The molecule has 0 aliphatic heterocycles. The number of benzene rings is 3. The van der Waals surface area contributed by atoms with Gasteiger partial charge in [0.25, 0.3) is 5.69 Å². The van der Waals surface area contributed by atoms with Gasteiger partial charge in [-0.1, -0.05) is 36.0 Å². The Morgan fingerprint density at radius 2 is 1.73 bits per heavy atom. The van der Waals surface area contributed by atoms with Crippen LogP contribution in [0.5, 0.6) is 0 Å². The molecule has 0 heterocycles. The normalized spacial score (nSPS) is 10.5. The van der Waals surface area contributed by atoms with Gasteiger partial charge in [-0.25, -0.2) is 9.82 Å². The fourth-order valence-electron chi connectivity index (χ4n) is 2.30. The minimum atomic E-state index is -0.403. The lowest BCUT2D eigenvalue weighted by Crippen LogP contribution is -2.20. The van der Waals surface area contributed by atoms with Crippen molar-refractivity contribution in [1.82, 2.24) is 5.43 Å². The van der Waals surface area contributed by atoms with Gasteiger partial charge >= 0.3 is 0 Å². The van der Waals surface area contributed by atoms with Crippen LogP contribution in [0.15, 0.2) is 82.6 Å². The van der Waals surface area contributed by atoms with E-state index in [-0.39, 0.29) is 11.5 Å². The molecule has 3 aromatic rings. The van der Waals surface area contributed by atoms with Gasteiger partial charge in [0.2, 0.25) is 0 Å². The Morgan fingerprint density at radius 3 is 2.42 bits per heavy atom. The molecule has 0 spiro atoms. The fourth-order valence-corrected chi connectivity index (χ4v) is 3.20. The summed E-state index contributed by atoms with van der Waals surface area (Å²) in [5.74, 6) is -0.337. The molecule has 3 aromatic carbocycles. The number of halogens is 1. The Hall–Kier alpha value is -2.90. The van der Waals surface area contributed by atoms with E-state index in [9.17, 15) is 14.5 Å². The monoisotopic (exact) mass is 369 g/mol. The van der Waals surface area contributed by atoms with Gasteiger partial charge in [0.05, 0.1) is 9.82 Å². The average Bonchev–Trinajstić information content (AvgIpc) is 2.65. The number of para-hydroxylation sites is 1. The third-order valence-corrected chi connectivity index (χ3v) is 4.63. The molecule has 26 heavy (non-hydrogen) atoms. The van der Waals surface area contributed by atoms with E-state index in [2.05, 4.69) is 10.9 Å². The lowest BCUT2D eigenvalue weighted by atomic mass is 10.2. The molecule has 0 fully saturated rings. The van der Waals surface area contributed by atoms with Crippen molar-refractivity contribution in [2.24, 2.45) is 0 Å². The van der Waals surface area contributed by atoms with Crippen LogP contribution in [0, 0.1) is 15.9 Å². The Kier molecular flexibility index (Phi) is 5.83. The van der Waals surface area contributed by atoms with Crippen LogP contribution in [-0.4, -0.2) is 4.92 Å². The molecule has 0 saturated carbocycles. The van der Waals surface area contributed by atoms with E-state index in [4.69, 9.17) is 0 Å². The minimum absolute atomic E-state index is 0.0262. The number of hydrazine groups is 1. The standard InChI is InChI=1S/C19H16FN3O2S/c20-15-7-9-17(10-8-15)26-19-11-6-14(12-18(19)23(24)25)13-21-22-16-4-2-1-3-5-16/h1-12,21-22H,13H2. The van der Waals surface area contributed by atoms with Crippen LogP contribution in [0.1, 0.15) is 5.56 Å². The van der Waals surface area contributed by atoms with Crippen LogP contribution in [-0.2, 0) is 6.54 Å². The van der Waals surface area contributed by atoms with Crippen molar-refractivity contribution in [3.8, 4) is 0 Å². The molecule has 0 bridgehead atoms. The topological polar surface area (TPSA) is 67.2 Å². The fraction of sp³-hybridized carbons (Fsp3) is 0.0526.